The summed E-state index contributed by atoms with van der Waals surface area (Å²) in [6.07, 6.45) is 3.19. The number of aromatic nitrogens is 5. The lowest BCUT2D eigenvalue weighted by molar-refractivity contribution is 0.629. The molecule has 5 rings (SSSR count). The Morgan fingerprint density at radius 2 is 1.97 bits per heavy atom. The summed E-state index contributed by atoms with van der Waals surface area (Å²) in [5.74, 6) is -0.0110. The summed E-state index contributed by atoms with van der Waals surface area (Å²) in [4.78, 5) is 33.0. The number of aromatic amines is 1. The molecule has 1 atom stereocenters. The second-order valence-corrected chi connectivity index (χ2v) is 7.34. The normalized spacial score (nSPS) is 12.2. The standard InChI is InChI=1S/C23H18FN7O/c1-12(28-22-19-18(32)7-9-27-21(19)30-23(25)31-22)20-15(17-4-2-3-8-26-17)11-13-10-14(24)5-6-16(13)29-20/h2-12H,1H3,(H4,25,27,28,30,31,32). The van der Waals surface area contributed by atoms with Crippen LogP contribution in [0.1, 0.15) is 18.7 Å². The van der Waals surface area contributed by atoms with Gasteiger partial charge in [0.1, 0.15) is 22.7 Å². The predicted octanol–water partition coefficient (Wildman–Crippen LogP) is 3.82. The minimum atomic E-state index is -0.390. The number of nitrogens with zero attached hydrogens (tertiary/aromatic N) is 4. The van der Waals surface area contributed by atoms with Gasteiger partial charge in [-0.2, -0.15) is 9.97 Å². The van der Waals surface area contributed by atoms with Crippen LogP contribution in [-0.2, 0) is 0 Å². The molecule has 158 valence electrons. The van der Waals surface area contributed by atoms with Crippen molar-refractivity contribution in [3.8, 4) is 11.3 Å². The Labute approximate surface area is 181 Å². The molecule has 0 fully saturated rings. The van der Waals surface area contributed by atoms with Crippen molar-refractivity contribution in [1.29, 1.82) is 0 Å². The smallest absolute Gasteiger partial charge is 0.223 e. The van der Waals surface area contributed by atoms with Gasteiger partial charge >= 0.3 is 0 Å². The first-order chi connectivity index (χ1) is 15.5. The third-order valence-corrected chi connectivity index (χ3v) is 5.14. The molecule has 4 heterocycles. The van der Waals surface area contributed by atoms with Crippen molar-refractivity contribution in [2.75, 3.05) is 11.1 Å². The average molecular weight is 427 g/mol. The number of H-pyrrole nitrogens is 1. The summed E-state index contributed by atoms with van der Waals surface area (Å²) in [6, 6.07) is 12.9. The van der Waals surface area contributed by atoms with E-state index in [-0.39, 0.29) is 17.2 Å². The number of hydrogen-bond donors (Lipinski definition) is 3. The van der Waals surface area contributed by atoms with E-state index >= 15 is 0 Å². The van der Waals surface area contributed by atoms with E-state index < -0.39 is 6.04 Å². The van der Waals surface area contributed by atoms with Crippen molar-refractivity contribution in [2.45, 2.75) is 13.0 Å². The Bertz CT molecular complexity index is 1520. The number of halogens is 1. The number of nitrogens with one attached hydrogen (secondary N) is 2. The molecule has 0 aliphatic rings. The van der Waals surface area contributed by atoms with Crippen molar-refractivity contribution in [2.24, 2.45) is 0 Å². The molecular weight excluding hydrogens is 409 g/mol. The van der Waals surface area contributed by atoms with Crippen LogP contribution in [-0.4, -0.2) is 24.9 Å². The van der Waals surface area contributed by atoms with Crippen molar-refractivity contribution in [3.05, 3.63) is 82.7 Å². The van der Waals surface area contributed by atoms with E-state index in [9.17, 15) is 9.18 Å². The maximum Gasteiger partial charge on any atom is 0.223 e. The first-order valence-corrected chi connectivity index (χ1v) is 9.92. The third-order valence-electron chi connectivity index (χ3n) is 5.14. The minimum Gasteiger partial charge on any atom is -0.368 e. The zero-order valence-corrected chi connectivity index (χ0v) is 17.0. The quantitative estimate of drug-likeness (QED) is 0.398. The number of hydrogen-bond acceptors (Lipinski definition) is 7. The van der Waals surface area contributed by atoms with E-state index in [0.717, 1.165) is 5.56 Å². The molecule has 0 saturated heterocycles. The molecule has 0 saturated carbocycles. The van der Waals surface area contributed by atoms with Gasteiger partial charge in [0.15, 0.2) is 5.43 Å². The first kappa shape index (κ1) is 19.6. The molecule has 0 spiro atoms. The highest BCUT2D eigenvalue weighted by Gasteiger charge is 2.19. The van der Waals surface area contributed by atoms with E-state index in [0.29, 0.717) is 39.1 Å². The van der Waals surface area contributed by atoms with Crippen LogP contribution >= 0.6 is 0 Å². The van der Waals surface area contributed by atoms with Crippen molar-refractivity contribution < 1.29 is 4.39 Å². The molecule has 4 N–H and O–H groups in total. The summed E-state index contributed by atoms with van der Waals surface area (Å²) in [5.41, 5.74) is 8.70. The van der Waals surface area contributed by atoms with Gasteiger partial charge in [0.2, 0.25) is 5.95 Å². The molecule has 0 aliphatic carbocycles. The molecule has 32 heavy (non-hydrogen) atoms. The lowest BCUT2D eigenvalue weighted by atomic mass is 10.0. The second kappa shape index (κ2) is 7.69. The zero-order valence-electron chi connectivity index (χ0n) is 17.0. The fraction of sp³-hybridized carbons (Fsp3) is 0.0870. The van der Waals surface area contributed by atoms with Crippen LogP contribution in [0.15, 0.2) is 65.7 Å². The predicted molar refractivity (Wildman–Crippen MR) is 122 cm³/mol. The van der Waals surface area contributed by atoms with Gasteiger partial charge in [0.05, 0.1) is 22.9 Å². The van der Waals surface area contributed by atoms with Gasteiger partial charge in [-0.05, 0) is 43.3 Å². The molecule has 4 aromatic heterocycles. The largest absolute Gasteiger partial charge is 0.368 e. The summed E-state index contributed by atoms with van der Waals surface area (Å²) >= 11 is 0. The fourth-order valence-electron chi connectivity index (χ4n) is 3.69. The highest BCUT2D eigenvalue weighted by molar-refractivity contribution is 5.88. The number of fused-ring (bicyclic) bond motifs is 2. The highest BCUT2D eigenvalue weighted by Crippen LogP contribution is 2.31. The fourth-order valence-corrected chi connectivity index (χ4v) is 3.69. The number of anilines is 2. The Balaban J connectivity index is 1.67. The van der Waals surface area contributed by atoms with Crippen LogP contribution in [0.2, 0.25) is 0 Å². The third kappa shape index (κ3) is 3.49. The second-order valence-electron chi connectivity index (χ2n) is 7.34. The number of nitrogens with two attached hydrogens (primary N) is 1. The zero-order chi connectivity index (χ0) is 22.2. The monoisotopic (exact) mass is 427 g/mol. The van der Waals surface area contributed by atoms with Crippen LogP contribution < -0.4 is 16.5 Å². The van der Waals surface area contributed by atoms with Crippen molar-refractivity contribution >= 4 is 33.7 Å². The molecule has 9 heteroatoms. The van der Waals surface area contributed by atoms with Crippen LogP contribution in [0.3, 0.4) is 0 Å². The van der Waals surface area contributed by atoms with Crippen molar-refractivity contribution in [1.82, 2.24) is 24.9 Å². The minimum absolute atomic E-state index is 0.0287. The maximum absolute atomic E-state index is 13.8. The molecule has 1 aromatic carbocycles. The molecule has 5 aromatic rings. The molecule has 0 amide bonds. The topological polar surface area (TPSA) is 122 Å². The molecule has 8 nitrogen and oxygen atoms in total. The van der Waals surface area contributed by atoms with Gasteiger partial charge in [0.25, 0.3) is 0 Å². The van der Waals surface area contributed by atoms with E-state index in [2.05, 4.69) is 25.3 Å². The molecule has 1 unspecified atom stereocenters. The SMILES string of the molecule is CC(Nc1nc(N)nc2[nH]ccc(=O)c12)c1nc2ccc(F)cc2cc1-c1ccccn1. The average Bonchev–Trinajstić information content (AvgIpc) is 2.78. The van der Waals surface area contributed by atoms with Gasteiger partial charge in [0, 0.05) is 29.4 Å². The Kier molecular flexibility index (Phi) is 4.70. The van der Waals surface area contributed by atoms with Gasteiger partial charge < -0.3 is 16.0 Å². The van der Waals surface area contributed by atoms with Gasteiger partial charge in [-0.25, -0.2) is 9.37 Å². The Morgan fingerprint density at radius 3 is 2.78 bits per heavy atom. The molecule has 0 bridgehead atoms. The Morgan fingerprint density at radius 1 is 1.09 bits per heavy atom. The molecular formula is C23H18FN7O. The first-order valence-electron chi connectivity index (χ1n) is 9.92. The van der Waals surface area contributed by atoms with E-state index in [1.807, 2.05) is 31.2 Å². The summed E-state index contributed by atoms with van der Waals surface area (Å²) in [5, 5.41) is 4.22. The summed E-state index contributed by atoms with van der Waals surface area (Å²) in [7, 11) is 0. The molecule has 0 radical (unpaired) electrons. The maximum atomic E-state index is 13.8. The van der Waals surface area contributed by atoms with E-state index in [4.69, 9.17) is 10.7 Å². The lowest BCUT2D eigenvalue weighted by Gasteiger charge is -2.19. The van der Waals surface area contributed by atoms with Gasteiger partial charge in [-0.15, -0.1) is 0 Å². The van der Waals surface area contributed by atoms with Crippen LogP contribution in [0, 0.1) is 5.82 Å². The number of nitrogen functional groups attached to an aromatic ring is 1. The van der Waals surface area contributed by atoms with Crippen LogP contribution in [0.4, 0.5) is 16.2 Å². The van der Waals surface area contributed by atoms with Crippen LogP contribution in [0.5, 0.6) is 0 Å². The Hall–Kier alpha value is -4.40. The number of rotatable bonds is 4. The highest BCUT2D eigenvalue weighted by atomic mass is 19.1. The molecule has 0 aliphatic heterocycles. The van der Waals surface area contributed by atoms with E-state index in [1.54, 1.807) is 12.3 Å². The lowest BCUT2D eigenvalue weighted by Crippen LogP contribution is -2.16. The van der Waals surface area contributed by atoms with E-state index in [1.165, 1.54) is 24.4 Å². The van der Waals surface area contributed by atoms with Gasteiger partial charge in [-0.1, -0.05) is 6.07 Å². The number of pyridine rings is 3. The number of benzene rings is 1. The van der Waals surface area contributed by atoms with Crippen molar-refractivity contribution in [3.63, 3.8) is 0 Å². The van der Waals surface area contributed by atoms with Crippen LogP contribution in [0.25, 0.3) is 33.2 Å². The summed E-state index contributed by atoms with van der Waals surface area (Å²) in [6.45, 7) is 1.89. The summed E-state index contributed by atoms with van der Waals surface area (Å²) < 4.78 is 13.8. The van der Waals surface area contributed by atoms with Gasteiger partial charge in [-0.3, -0.25) is 9.78 Å².